The van der Waals surface area contributed by atoms with E-state index in [9.17, 15) is 15.3 Å². The Morgan fingerprint density at radius 1 is 1.48 bits per heavy atom. The van der Waals surface area contributed by atoms with Gasteiger partial charge < -0.3 is 30.5 Å². The largest absolute Gasteiger partial charge is 0.476 e. The van der Waals surface area contributed by atoms with Gasteiger partial charge in [-0.3, -0.25) is 4.57 Å². The number of aliphatic hydroxyl groups excluding tert-OH is 2. The number of aliphatic hydroxyl groups is 3. The van der Waals surface area contributed by atoms with E-state index in [2.05, 4.69) is 15.0 Å². The molecule has 0 aliphatic carbocycles. The van der Waals surface area contributed by atoms with Gasteiger partial charge in [-0.2, -0.15) is 9.97 Å². The molecule has 0 unspecified atom stereocenters. The van der Waals surface area contributed by atoms with Crippen LogP contribution in [0.4, 0.5) is 5.95 Å². The summed E-state index contributed by atoms with van der Waals surface area (Å²) in [5.41, 5.74) is 4.71. The first-order chi connectivity index (χ1) is 10.9. The standard InChI is InChI=1S/C13H19N5O5/c1-3-22-10-7-9(16-12(14)17-10)18(5-15-7)11-13(2,21)8(20)6(4-19)23-11/h5-6,8,11,19-21H,3-4H2,1-2H3,(H2,14,16,17)/t6-,8-,11-,13-/m1/s1. The van der Waals surface area contributed by atoms with Gasteiger partial charge in [0.2, 0.25) is 11.8 Å². The number of nitrogens with two attached hydrogens (primary N) is 1. The lowest BCUT2D eigenvalue weighted by molar-refractivity contribution is -0.0950. The Bertz CT molecular complexity index is 718. The fourth-order valence-electron chi connectivity index (χ4n) is 2.71. The lowest BCUT2D eigenvalue weighted by Gasteiger charge is -2.27. The third kappa shape index (κ3) is 2.39. The van der Waals surface area contributed by atoms with Crippen molar-refractivity contribution in [2.24, 2.45) is 0 Å². The molecule has 0 spiro atoms. The fourth-order valence-corrected chi connectivity index (χ4v) is 2.71. The lowest BCUT2D eigenvalue weighted by atomic mass is 9.96. The molecule has 0 amide bonds. The van der Waals surface area contributed by atoms with Gasteiger partial charge in [0.25, 0.3) is 0 Å². The third-order valence-corrected chi connectivity index (χ3v) is 3.87. The van der Waals surface area contributed by atoms with E-state index in [1.54, 1.807) is 6.92 Å². The van der Waals surface area contributed by atoms with Crippen LogP contribution < -0.4 is 10.5 Å². The normalized spacial score (nSPS) is 30.9. The molecule has 1 aliphatic rings. The van der Waals surface area contributed by atoms with Crippen molar-refractivity contribution in [2.75, 3.05) is 18.9 Å². The Balaban J connectivity index is 2.10. The number of nitrogen functional groups attached to an aromatic ring is 1. The highest BCUT2D eigenvalue weighted by Crippen LogP contribution is 2.39. The van der Waals surface area contributed by atoms with Crippen molar-refractivity contribution in [3.63, 3.8) is 0 Å². The highest BCUT2D eigenvalue weighted by molar-refractivity contribution is 5.77. The van der Waals surface area contributed by atoms with Crippen molar-refractivity contribution in [3.8, 4) is 5.88 Å². The number of imidazole rings is 1. The number of rotatable bonds is 4. The molecule has 0 saturated carbocycles. The molecule has 0 radical (unpaired) electrons. The first kappa shape index (κ1) is 15.9. The number of hydrogen-bond donors (Lipinski definition) is 4. The van der Waals surface area contributed by atoms with Gasteiger partial charge in [0, 0.05) is 0 Å². The van der Waals surface area contributed by atoms with E-state index in [0.717, 1.165) is 0 Å². The molecule has 3 rings (SSSR count). The fraction of sp³-hybridized carbons (Fsp3) is 0.615. The Morgan fingerprint density at radius 2 is 2.22 bits per heavy atom. The molecule has 10 nitrogen and oxygen atoms in total. The van der Waals surface area contributed by atoms with E-state index in [1.807, 2.05) is 0 Å². The summed E-state index contributed by atoms with van der Waals surface area (Å²) in [5, 5.41) is 29.9. The molecular weight excluding hydrogens is 306 g/mol. The van der Waals surface area contributed by atoms with Crippen LogP contribution in [0.15, 0.2) is 6.33 Å². The number of fused-ring (bicyclic) bond motifs is 1. The van der Waals surface area contributed by atoms with Crippen molar-refractivity contribution in [2.45, 2.75) is 37.9 Å². The van der Waals surface area contributed by atoms with E-state index in [1.165, 1.54) is 17.8 Å². The molecule has 1 fully saturated rings. The number of anilines is 1. The minimum absolute atomic E-state index is 0.0143. The predicted octanol–water partition coefficient (Wildman–Crippen LogP) is -1.19. The van der Waals surface area contributed by atoms with Gasteiger partial charge in [0.05, 0.1) is 19.5 Å². The van der Waals surface area contributed by atoms with Crippen molar-refractivity contribution >= 4 is 17.1 Å². The maximum Gasteiger partial charge on any atom is 0.247 e. The van der Waals surface area contributed by atoms with Gasteiger partial charge >= 0.3 is 0 Å². The molecule has 1 saturated heterocycles. The molecule has 4 atom stereocenters. The molecule has 1 aliphatic heterocycles. The van der Waals surface area contributed by atoms with Gasteiger partial charge in [-0.25, -0.2) is 4.98 Å². The van der Waals surface area contributed by atoms with E-state index >= 15 is 0 Å². The molecule has 2 aromatic rings. The molecule has 0 bridgehead atoms. The summed E-state index contributed by atoms with van der Waals surface area (Å²) in [6.07, 6.45) is -1.78. The maximum atomic E-state index is 10.6. The van der Waals surface area contributed by atoms with E-state index in [0.29, 0.717) is 17.8 Å². The van der Waals surface area contributed by atoms with Crippen LogP contribution >= 0.6 is 0 Å². The summed E-state index contributed by atoms with van der Waals surface area (Å²) in [4.78, 5) is 12.3. The summed E-state index contributed by atoms with van der Waals surface area (Å²) >= 11 is 0. The van der Waals surface area contributed by atoms with E-state index < -0.39 is 30.6 Å². The second kappa shape index (κ2) is 5.57. The maximum absolute atomic E-state index is 10.6. The Morgan fingerprint density at radius 3 is 2.83 bits per heavy atom. The summed E-state index contributed by atoms with van der Waals surface area (Å²) in [6.45, 7) is 3.16. The van der Waals surface area contributed by atoms with Crippen molar-refractivity contribution in [1.29, 1.82) is 0 Å². The lowest BCUT2D eigenvalue weighted by Crippen LogP contribution is -2.44. The first-order valence-electron chi connectivity index (χ1n) is 7.19. The quantitative estimate of drug-likeness (QED) is 0.544. The number of ether oxygens (including phenoxy) is 2. The van der Waals surface area contributed by atoms with Crippen molar-refractivity contribution in [3.05, 3.63) is 6.33 Å². The molecular formula is C13H19N5O5. The van der Waals surface area contributed by atoms with Gasteiger partial charge in [-0.1, -0.05) is 0 Å². The molecule has 3 heterocycles. The molecule has 10 heteroatoms. The summed E-state index contributed by atoms with van der Waals surface area (Å²) in [5.74, 6) is 0.213. The Kier molecular flexibility index (Phi) is 3.84. The second-order valence-electron chi connectivity index (χ2n) is 5.52. The molecule has 5 N–H and O–H groups in total. The first-order valence-corrected chi connectivity index (χ1v) is 7.19. The summed E-state index contributed by atoms with van der Waals surface area (Å²) < 4.78 is 12.4. The van der Waals surface area contributed by atoms with Gasteiger partial charge in [0.1, 0.15) is 17.8 Å². The van der Waals surface area contributed by atoms with E-state index in [4.69, 9.17) is 15.2 Å². The SMILES string of the molecule is CCOc1nc(N)nc2c1ncn2[C@@H]1O[C@H](CO)[C@@H](O)[C@@]1(C)O. The zero-order valence-electron chi connectivity index (χ0n) is 12.7. The summed E-state index contributed by atoms with van der Waals surface area (Å²) in [6, 6.07) is 0. The number of aromatic nitrogens is 4. The van der Waals surface area contributed by atoms with Gasteiger partial charge in [-0.15, -0.1) is 0 Å². The average Bonchev–Trinajstić information content (AvgIpc) is 3.00. The van der Waals surface area contributed by atoms with Crippen molar-refractivity contribution in [1.82, 2.24) is 19.5 Å². The van der Waals surface area contributed by atoms with Gasteiger partial charge in [-0.05, 0) is 13.8 Å². The van der Waals surface area contributed by atoms with Crippen LogP contribution in [0.25, 0.3) is 11.2 Å². The van der Waals surface area contributed by atoms with Crippen LogP contribution in [0.3, 0.4) is 0 Å². The average molecular weight is 325 g/mol. The number of nitrogens with zero attached hydrogens (tertiary/aromatic N) is 4. The Hall–Kier alpha value is -2.01. The third-order valence-electron chi connectivity index (χ3n) is 3.87. The number of hydrogen-bond acceptors (Lipinski definition) is 9. The highest BCUT2D eigenvalue weighted by Gasteiger charge is 2.53. The minimum Gasteiger partial charge on any atom is -0.476 e. The van der Waals surface area contributed by atoms with E-state index in [-0.39, 0.29) is 11.8 Å². The van der Waals surface area contributed by atoms with Crippen molar-refractivity contribution < 1.29 is 24.8 Å². The predicted molar refractivity (Wildman–Crippen MR) is 78.5 cm³/mol. The van der Waals surface area contributed by atoms with Crippen LogP contribution in [0.5, 0.6) is 5.88 Å². The van der Waals surface area contributed by atoms with Crippen LogP contribution in [0, 0.1) is 0 Å². The van der Waals surface area contributed by atoms with Crippen LogP contribution in [-0.2, 0) is 4.74 Å². The topological polar surface area (TPSA) is 149 Å². The highest BCUT2D eigenvalue weighted by atomic mass is 16.6. The zero-order valence-corrected chi connectivity index (χ0v) is 12.7. The molecule has 23 heavy (non-hydrogen) atoms. The monoisotopic (exact) mass is 325 g/mol. The van der Waals surface area contributed by atoms with Crippen LogP contribution in [-0.4, -0.2) is 65.9 Å². The zero-order chi connectivity index (χ0) is 16.8. The molecule has 126 valence electrons. The minimum atomic E-state index is -1.65. The molecule has 0 aromatic carbocycles. The summed E-state index contributed by atoms with van der Waals surface area (Å²) in [7, 11) is 0. The van der Waals surface area contributed by atoms with Crippen LogP contribution in [0.1, 0.15) is 20.1 Å². The smallest absolute Gasteiger partial charge is 0.247 e. The van der Waals surface area contributed by atoms with Crippen LogP contribution in [0.2, 0.25) is 0 Å². The second-order valence-corrected chi connectivity index (χ2v) is 5.52. The van der Waals surface area contributed by atoms with Gasteiger partial charge in [0.15, 0.2) is 17.4 Å². The Labute approximate surface area is 131 Å². The molecule has 2 aromatic heterocycles.